The van der Waals surface area contributed by atoms with Crippen LogP contribution in [0.3, 0.4) is 0 Å². The number of benzene rings is 1. The van der Waals surface area contributed by atoms with Gasteiger partial charge >= 0.3 is 5.97 Å². The molecule has 1 unspecified atom stereocenters. The summed E-state index contributed by atoms with van der Waals surface area (Å²) in [5.74, 6) is -2.03. The van der Waals surface area contributed by atoms with Crippen LogP contribution in [0.5, 0.6) is 0 Å². The smallest absolute Gasteiger partial charge is 0.327 e. The Labute approximate surface area is 152 Å². The number of hydrogen-bond acceptors (Lipinski definition) is 6. The van der Waals surface area contributed by atoms with Gasteiger partial charge in [0.05, 0.1) is 11.1 Å². The monoisotopic (exact) mass is 385 g/mol. The van der Waals surface area contributed by atoms with E-state index in [0.29, 0.717) is 0 Å². The number of carbonyl (C=O) groups is 4. The molecule has 1 aromatic rings. The molecule has 6 nitrogen and oxygen atoms in total. The van der Waals surface area contributed by atoms with Gasteiger partial charge in [-0.3, -0.25) is 14.4 Å². The zero-order chi connectivity index (χ0) is 18.6. The molecule has 0 bridgehead atoms. The highest BCUT2D eigenvalue weighted by Gasteiger charge is 2.36. The number of carboxylic acid groups (broad SMARTS) is 1. The summed E-state index contributed by atoms with van der Waals surface area (Å²) in [5.41, 5.74) is 0.193. The third-order valence-electron chi connectivity index (χ3n) is 3.58. The molecule has 0 aromatic heterocycles. The Bertz CT molecular complexity index is 694. The number of Topliss-reactive ketones (excluding diaryl/α,β-unsaturated/α-hetero) is 1. The number of amides is 1. The van der Waals surface area contributed by atoms with Gasteiger partial charge < -0.3 is 10.0 Å². The predicted octanol–water partition coefficient (Wildman–Crippen LogP) is 2.03. The summed E-state index contributed by atoms with van der Waals surface area (Å²) in [6, 6.07) is 3.91. The van der Waals surface area contributed by atoms with Crippen molar-refractivity contribution in [1.82, 2.24) is 4.90 Å². The molecule has 25 heavy (non-hydrogen) atoms. The SMILES string of the molecule is CC(=O)SC(CC(=O)N1CSC[C@H]1C(=O)O)C(=O)c1ccc(F)cc1. The van der Waals surface area contributed by atoms with E-state index >= 15 is 0 Å². The van der Waals surface area contributed by atoms with Gasteiger partial charge in [-0.25, -0.2) is 9.18 Å². The van der Waals surface area contributed by atoms with Gasteiger partial charge in [-0.1, -0.05) is 11.8 Å². The maximum absolute atomic E-state index is 13.0. The van der Waals surface area contributed by atoms with Gasteiger partial charge in [0.25, 0.3) is 0 Å². The zero-order valence-electron chi connectivity index (χ0n) is 13.3. The minimum atomic E-state index is -1.10. The number of nitrogens with zero attached hydrogens (tertiary/aromatic N) is 1. The van der Waals surface area contributed by atoms with Crippen molar-refractivity contribution in [1.29, 1.82) is 0 Å². The highest BCUT2D eigenvalue weighted by molar-refractivity contribution is 8.14. The summed E-state index contributed by atoms with van der Waals surface area (Å²) in [6.07, 6.45) is -0.287. The van der Waals surface area contributed by atoms with Crippen molar-refractivity contribution in [2.24, 2.45) is 0 Å². The molecule has 134 valence electrons. The number of hydrogen-bond donors (Lipinski definition) is 1. The van der Waals surface area contributed by atoms with Crippen LogP contribution in [-0.2, 0) is 14.4 Å². The summed E-state index contributed by atoms with van der Waals surface area (Å²) < 4.78 is 13.0. The van der Waals surface area contributed by atoms with Crippen LogP contribution in [0.2, 0.25) is 0 Å². The summed E-state index contributed by atoms with van der Waals surface area (Å²) in [6.45, 7) is 1.28. The minimum Gasteiger partial charge on any atom is -0.480 e. The molecule has 1 amide bonds. The van der Waals surface area contributed by atoms with Crippen molar-refractivity contribution < 1.29 is 28.7 Å². The number of ketones is 1. The fourth-order valence-corrected chi connectivity index (χ4v) is 4.40. The molecule has 2 rings (SSSR count). The topological polar surface area (TPSA) is 91.8 Å². The first kappa shape index (κ1) is 19.5. The Hall–Kier alpha value is -1.87. The van der Waals surface area contributed by atoms with E-state index in [-0.39, 0.29) is 28.7 Å². The molecule has 1 fully saturated rings. The maximum atomic E-state index is 13.0. The molecule has 0 spiro atoms. The van der Waals surface area contributed by atoms with Gasteiger partial charge in [0.2, 0.25) is 5.91 Å². The third-order valence-corrected chi connectivity index (χ3v) is 5.59. The largest absolute Gasteiger partial charge is 0.480 e. The molecule has 1 saturated heterocycles. The first-order valence-electron chi connectivity index (χ1n) is 7.36. The number of carbonyl (C=O) groups excluding carboxylic acids is 3. The maximum Gasteiger partial charge on any atom is 0.327 e. The Balaban J connectivity index is 2.15. The van der Waals surface area contributed by atoms with Crippen LogP contribution in [0.4, 0.5) is 4.39 Å². The van der Waals surface area contributed by atoms with E-state index in [1.165, 1.54) is 35.7 Å². The molecule has 0 aliphatic carbocycles. The number of rotatable bonds is 6. The first-order valence-corrected chi connectivity index (χ1v) is 9.40. The quantitative estimate of drug-likeness (QED) is 0.749. The average molecular weight is 385 g/mol. The van der Waals surface area contributed by atoms with Gasteiger partial charge in [0.15, 0.2) is 10.9 Å². The predicted molar refractivity (Wildman–Crippen MR) is 93.0 cm³/mol. The average Bonchev–Trinajstić information content (AvgIpc) is 3.04. The van der Waals surface area contributed by atoms with Crippen LogP contribution < -0.4 is 0 Å². The normalized spacial score (nSPS) is 18.0. The van der Waals surface area contributed by atoms with Gasteiger partial charge in [-0.05, 0) is 24.3 Å². The van der Waals surface area contributed by atoms with Crippen LogP contribution in [0, 0.1) is 5.82 Å². The number of carboxylic acids is 1. The highest BCUT2D eigenvalue weighted by Crippen LogP contribution is 2.26. The van der Waals surface area contributed by atoms with Gasteiger partial charge in [-0.15, -0.1) is 11.8 Å². The summed E-state index contributed by atoms with van der Waals surface area (Å²) in [5, 5.41) is 7.85. The molecular weight excluding hydrogens is 369 g/mol. The summed E-state index contributed by atoms with van der Waals surface area (Å²) >= 11 is 2.04. The molecule has 1 aliphatic rings. The highest BCUT2D eigenvalue weighted by atomic mass is 32.2. The van der Waals surface area contributed by atoms with Crippen LogP contribution in [0.1, 0.15) is 23.7 Å². The fraction of sp³-hybridized carbons (Fsp3) is 0.375. The van der Waals surface area contributed by atoms with Crippen LogP contribution >= 0.6 is 23.5 Å². The van der Waals surface area contributed by atoms with E-state index in [2.05, 4.69) is 0 Å². The summed E-state index contributed by atoms with van der Waals surface area (Å²) in [4.78, 5) is 48.9. The lowest BCUT2D eigenvalue weighted by Gasteiger charge is -2.22. The lowest BCUT2D eigenvalue weighted by molar-refractivity contribution is -0.147. The molecule has 1 heterocycles. The minimum absolute atomic E-state index is 0.193. The molecule has 1 aliphatic heterocycles. The van der Waals surface area contributed by atoms with Gasteiger partial charge in [-0.2, -0.15) is 0 Å². The molecular formula is C16H16FNO5S2. The van der Waals surface area contributed by atoms with Crippen LogP contribution in [0.25, 0.3) is 0 Å². The van der Waals surface area contributed by atoms with E-state index in [4.69, 9.17) is 5.11 Å². The second-order valence-corrected chi connectivity index (χ2v) is 7.77. The Morgan fingerprint density at radius 2 is 1.96 bits per heavy atom. The fourth-order valence-electron chi connectivity index (χ4n) is 2.36. The van der Waals surface area contributed by atoms with Gasteiger partial charge in [0.1, 0.15) is 11.9 Å². The van der Waals surface area contributed by atoms with Crippen LogP contribution in [0.15, 0.2) is 24.3 Å². The van der Waals surface area contributed by atoms with E-state index in [9.17, 15) is 23.6 Å². The standard InChI is InChI=1S/C16H16FNO5S2/c1-9(19)25-13(15(21)10-2-4-11(17)5-3-10)6-14(20)18-8-24-7-12(18)16(22)23/h2-5,12-13H,6-8H2,1H3,(H,22,23)/t12-,13?/m0/s1. The molecule has 9 heteroatoms. The second-order valence-electron chi connectivity index (χ2n) is 5.39. The number of aliphatic carboxylic acids is 1. The van der Waals surface area contributed by atoms with Crippen molar-refractivity contribution in [2.45, 2.75) is 24.6 Å². The van der Waals surface area contributed by atoms with Crippen molar-refractivity contribution >= 4 is 46.3 Å². The van der Waals surface area contributed by atoms with Crippen LogP contribution in [-0.4, -0.2) is 55.7 Å². The Morgan fingerprint density at radius 3 is 2.52 bits per heavy atom. The first-order chi connectivity index (χ1) is 11.8. The molecule has 0 radical (unpaired) electrons. The zero-order valence-corrected chi connectivity index (χ0v) is 14.9. The van der Waals surface area contributed by atoms with Crippen molar-refractivity contribution in [3.05, 3.63) is 35.6 Å². The van der Waals surface area contributed by atoms with E-state index < -0.39 is 34.8 Å². The molecule has 0 saturated carbocycles. The number of thioether (sulfide) groups is 2. The lowest BCUT2D eigenvalue weighted by atomic mass is 10.1. The van der Waals surface area contributed by atoms with Crippen molar-refractivity contribution in [3.63, 3.8) is 0 Å². The van der Waals surface area contributed by atoms with E-state index in [1.54, 1.807) is 0 Å². The van der Waals surface area contributed by atoms with E-state index in [1.807, 2.05) is 0 Å². The van der Waals surface area contributed by atoms with E-state index in [0.717, 1.165) is 23.9 Å². The lowest BCUT2D eigenvalue weighted by Crippen LogP contribution is -2.43. The Morgan fingerprint density at radius 1 is 1.32 bits per heavy atom. The molecule has 1 aromatic carbocycles. The van der Waals surface area contributed by atoms with Crippen molar-refractivity contribution in [2.75, 3.05) is 11.6 Å². The third kappa shape index (κ3) is 5.05. The van der Waals surface area contributed by atoms with Gasteiger partial charge in [0, 0.05) is 24.7 Å². The Kier molecular flexibility index (Phi) is 6.60. The summed E-state index contributed by atoms with van der Waals surface area (Å²) in [7, 11) is 0. The second kappa shape index (κ2) is 8.48. The number of halogens is 1. The molecule has 1 N–H and O–H groups in total. The van der Waals surface area contributed by atoms with Crippen molar-refractivity contribution in [3.8, 4) is 0 Å². The molecule has 2 atom stereocenters.